The van der Waals surface area contributed by atoms with E-state index in [4.69, 9.17) is 19.2 Å². The Bertz CT molecular complexity index is 1350. The van der Waals surface area contributed by atoms with Crippen molar-refractivity contribution < 1.29 is 19.0 Å². The third-order valence-corrected chi connectivity index (χ3v) is 5.38. The normalized spacial score (nSPS) is 12.6. The van der Waals surface area contributed by atoms with Gasteiger partial charge in [-0.1, -0.05) is 12.1 Å². The second kappa shape index (κ2) is 7.88. The minimum Gasteiger partial charge on any atom is -0.497 e. The fourth-order valence-corrected chi connectivity index (χ4v) is 3.87. The molecule has 0 fully saturated rings. The maximum absolute atomic E-state index is 13.4. The Balaban J connectivity index is 1.58. The van der Waals surface area contributed by atoms with E-state index < -0.39 is 0 Å². The molecule has 0 radical (unpaired) electrons. The van der Waals surface area contributed by atoms with Gasteiger partial charge in [-0.05, 0) is 37.3 Å². The zero-order chi connectivity index (χ0) is 22.2. The number of pyridine rings is 1. The number of fused-ring (bicyclic) bond motifs is 2. The third kappa shape index (κ3) is 3.49. The lowest BCUT2D eigenvalue weighted by atomic mass is 10.0. The molecular formula is C24H22N4O4. The van der Waals surface area contributed by atoms with Crippen LogP contribution in [0.15, 0.2) is 48.5 Å². The van der Waals surface area contributed by atoms with Crippen molar-refractivity contribution in [3.05, 3.63) is 59.8 Å². The number of hydrogen-bond donors (Lipinski definition) is 1. The molecule has 4 aromatic rings. The summed E-state index contributed by atoms with van der Waals surface area (Å²) in [6.07, 6.45) is 0. The smallest absolute Gasteiger partial charge is 0.256 e. The summed E-state index contributed by atoms with van der Waals surface area (Å²) in [6.45, 7) is 2.87. The molecule has 32 heavy (non-hydrogen) atoms. The number of aromatic nitrogens is 3. The highest BCUT2D eigenvalue weighted by atomic mass is 16.6. The van der Waals surface area contributed by atoms with Crippen LogP contribution in [-0.2, 0) is 7.05 Å². The summed E-state index contributed by atoms with van der Waals surface area (Å²) in [7, 11) is 3.44. The number of aryl methyl sites for hydroxylation is 2. The number of rotatable bonds is 4. The van der Waals surface area contributed by atoms with Crippen molar-refractivity contribution in [2.24, 2.45) is 7.05 Å². The first-order valence-electron chi connectivity index (χ1n) is 10.2. The summed E-state index contributed by atoms with van der Waals surface area (Å²) in [5, 5.41) is 8.17. The molecule has 2 aromatic carbocycles. The van der Waals surface area contributed by atoms with Gasteiger partial charge in [-0.3, -0.25) is 9.48 Å². The molecule has 1 amide bonds. The van der Waals surface area contributed by atoms with E-state index in [2.05, 4.69) is 10.4 Å². The lowest BCUT2D eigenvalue weighted by molar-refractivity contribution is 0.102. The van der Waals surface area contributed by atoms with E-state index in [-0.39, 0.29) is 5.91 Å². The fourth-order valence-electron chi connectivity index (χ4n) is 3.87. The van der Waals surface area contributed by atoms with E-state index in [1.165, 1.54) is 0 Å². The summed E-state index contributed by atoms with van der Waals surface area (Å²) in [4.78, 5) is 18.2. The minimum absolute atomic E-state index is 0.255. The molecule has 8 heteroatoms. The first-order valence-corrected chi connectivity index (χ1v) is 10.2. The van der Waals surface area contributed by atoms with Crippen LogP contribution in [0.2, 0.25) is 0 Å². The number of nitrogens with zero attached hydrogens (tertiary/aromatic N) is 3. The van der Waals surface area contributed by atoms with Gasteiger partial charge < -0.3 is 19.5 Å². The van der Waals surface area contributed by atoms with Crippen molar-refractivity contribution in [1.82, 2.24) is 14.8 Å². The molecule has 2 aromatic heterocycles. The molecule has 162 valence electrons. The zero-order valence-electron chi connectivity index (χ0n) is 18.0. The molecule has 1 aliphatic rings. The summed E-state index contributed by atoms with van der Waals surface area (Å²) < 4.78 is 18.2. The van der Waals surface area contributed by atoms with Crippen LogP contribution in [0.3, 0.4) is 0 Å². The van der Waals surface area contributed by atoms with Gasteiger partial charge in [0.15, 0.2) is 17.1 Å². The molecule has 0 saturated heterocycles. The predicted octanol–water partition coefficient (Wildman–Crippen LogP) is 3.98. The van der Waals surface area contributed by atoms with Crippen molar-refractivity contribution in [3.63, 3.8) is 0 Å². The van der Waals surface area contributed by atoms with Gasteiger partial charge in [0.2, 0.25) is 0 Å². The largest absolute Gasteiger partial charge is 0.497 e. The van der Waals surface area contributed by atoms with Gasteiger partial charge >= 0.3 is 0 Å². The van der Waals surface area contributed by atoms with E-state index in [1.54, 1.807) is 36.1 Å². The molecule has 0 aliphatic carbocycles. The quantitative estimate of drug-likeness (QED) is 0.527. The lowest BCUT2D eigenvalue weighted by Crippen LogP contribution is -2.17. The van der Waals surface area contributed by atoms with E-state index in [0.29, 0.717) is 58.4 Å². The standard InChI is InChI=1S/C24H22N4O4/c1-14-22-18(24(29)25-16-7-8-20-21(12-16)32-10-9-31-20)13-19(26-23(22)28(2)27-14)15-5-4-6-17(11-15)30-3/h4-8,11-13H,9-10H2,1-3H3,(H,25,29). The first kappa shape index (κ1) is 19.9. The SMILES string of the molecule is COc1cccc(-c2cc(C(=O)Nc3ccc4c(c3)OCCO4)c3c(C)nn(C)c3n2)c1. The summed E-state index contributed by atoms with van der Waals surface area (Å²) in [5.41, 5.74) is 3.99. The van der Waals surface area contributed by atoms with E-state index in [9.17, 15) is 4.79 Å². The molecule has 0 saturated carbocycles. The topological polar surface area (TPSA) is 87.5 Å². The highest BCUT2D eigenvalue weighted by molar-refractivity contribution is 6.13. The molecule has 5 rings (SSSR count). The van der Waals surface area contributed by atoms with Crippen molar-refractivity contribution in [3.8, 4) is 28.5 Å². The molecule has 1 N–H and O–H groups in total. The van der Waals surface area contributed by atoms with Crippen molar-refractivity contribution in [2.45, 2.75) is 6.92 Å². The summed E-state index contributed by atoms with van der Waals surface area (Å²) >= 11 is 0. The number of carbonyl (C=O) groups excluding carboxylic acids is 1. The monoisotopic (exact) mass is 430 g/mol. The number of anilines is 1. The zero-order valence-corrected chi connectivity index (χ0v) is 18.0. The molecule has 0 bridgehead atoms. The Morgan fingerprint density at radius 1 is 1.09 bits per heavy atom. The Labute approximate surface area is 184 Å². The number of carbonyl (C=O) groups is 1. The first-order chi connectivity index (χ1) is 15.5. The maximum Gasteiger partial charge on any atom is 0.256 e. The molecule has 3 heterocycles. The fraction of sp³-hybridized carbons (Fsp3) is 0.208. The van der Waals surface area contributed by atoms with E-state index in [0.717, 1.165) is 11.3 Å². The molecule has 0 unspecified atom stereocenters. The lowest BCUT2D eigenvalue weighted by Gasteiger charge is -2.19. The van der Waals surface area contributed by atoms with Crippen LogP contribution in [0.5, 0.6) is 17.2 Å². The average molecular weight is 430 g/mol. The van der Waals surface area contributed by atoms with Crippen LogP contribution in [0.25, 0.3) is 22.3 Å². The Morgan fingerprint density at radius 2 is 1.91 bits per heavy atom. The molecule has 8 nitrogen and oxygen atoms in total. The highest BCUT2D eigenvalue weighted by Gasteiger charge is 2.20. The van der Waals surface area contributed by atoms with Crippen LogP contribution >= 0.6 is 0 Å². The Kier molecular flexibility index (Phi) is 4.89. The van der Waals surface area contributed by atoms with Gasteiger partial charge in [0, 0.05) is 24.4 Å². The van der Waals surface area contributed by atoms with Gasteiger partial charge in [0.05, 0.1) is 29.4 Å². The van der Waals surface area contributed by atoms with Crippen molar-refractivity contribution >= 4 is 22.6 Å². The van der Waals surface area contributed by atoms with Crippen LogP contribution in [0.1, 0.15) is 16.1 Å². The van der Waals surface area contributed by atoms with Crippen LogP contribution in [0, 0.1) is 6.92 Å². The highest BCUT2D eigenvalue weighted by Crippen LogP contribution is 2.33. The maximum atomic E-state index is 13.4. The number of ether oxygens (including phenoxy) is 3. The van der Waals surface area contributed by atoms with E-state index in [1.807, 2.05) is 38.2 Å². The summed E-state index contributed by atoms with van der Waals surface area (Å²) in [5.74, 6) is 1.75. The predicted molar refractivity (Wildman–Crippen MR) is 121 cm³/mol. The second-order valence-electron chi connectivity index (χ2n) is 7.51. The van der Waals surface area contributed by atoms with Crippen LogP contribution in [-0.4, -0.2) is 41.0 Å². The Morgan fingerprint density at radius 3 is 2.72 bits per heavy atom. The van der Waals surface area contributed by atoms with Crippen LogP contribution < -0.4 is 19.5 Å². The van der Waals surface area contributed by atoms with Crippen molar-refractivity contribution in [2.75, 3.05) is 25.6 Å². The number of methoxy groups -OCH3 is 1. The van der Waals surface area contributed by atoms with Gasteiger partial charge in [0.25, 0.3) is 5.91 Å². The molecular weight excluding hydrogens is 408 g/mol. The third-order valence-electron chi connectivity index (χ3n) is 5.38. The van der Waals surface area contributed by atoms with Gasteiger partial charge in [-0.2, -0.15) is 5.10 Å². The molecule has 1 aliphatic heterocycles. The minimum atomic E-state index is -0.255. The molecule has 0 atom stereocenters. The van der Waals surface area contributed by atoms with E-state index >= 15 is 0 Å². The second-order valence-corrected chi connectivity index (χ2v) is 7.51. The summed E-state index contributed by atoms with van der Waals surface area (Å²) in [6, 6.07) is 14.7. The Hall–Kier alpha value is -4.07. The number of hydrogen-bond acceptors (Lipinski definition) is 6. The van der Waals surface area contributed by atoms with Crippen LogP contribution in [0.4, 0.5) is 5.69 Å². The number of nitrogens with one attached hydrogen (secondary N) is 1. The number of amides is 1. The van der Waals surface area contributed by atoms with Gasteiger partial charge in [-0.15, -0.1) is 0 Å². The van der Waals surface area contributed by atoms with Crippen molar-refractivity contribution in [1.29, 1.82) is 0 Å². The average Bonchev–Trinajstić information content (AvgIpc) is 3.11. The van der Waals surface area contributed by atoms with Gasteiger partial charge in [-0.25, -0.2) is 4.98 Å². The number of benzene rings is 2. The molecule has 0 spiro atoms. The van der Waals surface area contributed by atoms with Gasteiger partial charge in [0.1, 0.15) is 19.0 Å².